The maximum Gasteiger partial charge on any atom is 0.222 e. The molecule has 0 radical (unpaired) electrons. The molecule has 0 aliphatic rings. The Labute approximate surface area is 142 Å². The minimum atomic E-state index is 0.0319. The van der Waals surface area contributed by atoms with E-state index in [4.69, 9.17) is 12.2 Å². The van der Waals surface area contributed by atoms with Crippen molar-refractivity contribution in [1.29, 1.82) is 0 Å². The van der Waals surface area contributed by atoms with Crippen LogP contribution in [-0.2, 0) is 11.3 Å². The molecule has 5 nitrogen and oxygen atoms in total. The van der Waals surface area contributed by atoms with E-state index in [1.165, 1.54) is 0 Å². The normalized spacial score (nSPS) is 12.4. The van der Waals surface area contributed by atoms with Crippen LogP contribution >= 0.6 is 12.2 Å². The van der Waals surface area contributed by atoms with Crippen LogP contribution in [0.4, 0.5) is 0 Å². The van der Waals surface area contributed by atoms with Gasteiger partial charge in [0.1, 0.15) is 0 Å². The van der Waals surface area contributed by atoms with Crippen LogP contribution in [0.2, 0.25) is 0 Å². The average Bonchev–Trinajstić information content (AvgIpc) is 2.86. The fourth-order valence-electron chi connectivity index (χ4n) is 2.24. The molecule has 6 heteroatoms. The van der Waals surface area contributed by atoms with Crippen LogP contribution < -0.4 is 5.32 Å². The zero-order chi connectivity index (χ0) is 17.0. The zero-order valence-electron chi connectivity index (χ0n) is 14.1. The summed E-state index contributed by atoms with van der Waals surface area (Å²) in [5.41, 5.74) is 2.15. The molecule has 1 heterocycles. The lowest BCUT2D eigenvalue weighted by molar-refractivity contribution is -0.122. The number of aromatic nitrogens is 3. The van der Waals surface area contributed by atoms with Crippen molar-refractivity contribution in [1.82, 2.24) is 20.1 Å². The highest BCUT2D eigenvalue weighted by Crippen LogP contribution is 2.18. The van der Waals surface area contributed by atoms with Crippen molar-refractivity contribution >= 4 is 18.1 Å². The van der Waals surface area contributed by atoms with Gasteiger partial charge in [0.05, 0.1) is 0 Å². The third-order valence-corrected chi connectivity index (χ3v) is 4.30. The third kappa shape index (κ3) is 4.51. The summed E-state index contributed by atoms with van der Waals surface area (Å²) in [7, 11) is 0. The second kappa shape index (κ2) is 7.55. The standard InChI is InChI=1S/C17H24N4OS/c1-11(2)13(4)18-15(22)8-9-21-16(19-20-17(21)23)14-7-5-6-12(3)10-14/h5-7,10-11,13H,8-9H2,1-4H3,(H,18,22)(H,20,23). The van der Waals surface area contributed by atoms with Gasteiger partial charge in [0.25, 0.3) is 0 Å². The summed E-state index contributed by atoms with van der Waals surface area (Å²) in [5, 5.41) is 10.1. The van der Waals surface area contributed by atoms with Crippen molar-refractivity contribution in [3.63, 3.8) is 0 Å². The van der Waals surface area contributed by atoms with Gasteiger partial charge in [-0.3, -0.25) is 14.5 Å². The Kier molecular flexibility index (Phi) is 5.71. The Morgan fingerprint density at radius 2 is 2.13 bits per heavy atom. The molecule has 0 spiro atoms. The van der Waals surface area contributed by atoms with Crippen LogP contribution in [0.25, 0.3) is 11.4 Å². The highest BCUT2D eigenvalue weighted by atomic mass is 32.1. The first-order valence-corrected chi connectivity index (χ1v) is 8.31. The van der Waals surface area contributed by atoms with Crippen LogP contribution in [0.5, 0.6) is 0 Å². The van der Waals surface area contributed by atoms with Crippen LogP contribution in [0.1, 0.15) is 32.8 Å². The SMILES string of the molecule is Cc1cccc(-c2n[nH]c(=S)n2CCC(=O)NC(C)C(C)C)c1. The summed E-state index contributed by atoms with van der Waals surface area (Å²) >= 11 is 5.30. The summed E-state index contributed by atoms with van der Waals surface area (Å²) < 4.78 is 2.41. The topological polar surface area (TPSA) is 62.7 Å². The van der Waals surface area contributed by atoms with E-state index in [0.29, 0.717) is 23.7 Å². The Morgan fingerprint density at radius 3 is 2.78 bits per heavy atom. The summed E-state index contributed by atoms with van der Waals surface area (Å²) in [4.78, 5) is 12.1. The minimum Gasteiger partial charge on any atom is -0.353 e. The maximum atomic E-state index is 12.1. The number of carbonyl (C=O) groups excluding carboxylic acids is 1. The van der Waals surface area contributed by atoms with Crippen LogP contribution in [0.3, 0.4) is 0 Å². The van der Waals surface area contributed by atoms with E-state index in [1.54, 1.807) is 0 Å². The molecule has 124 valence electrons. The number of hydrogen-bond acceptors (Lipinski definition) is 3. The van der Waals surface area contributed by atoms with E-state index < -0.39 is 0 Å². The average molecular weight is 332 g/mol. The molecule has 1 aromatic carbocycles. The van der Waals surface area contributed by atoms with Crippen LogP contribution in [0, 0.1) is 17.6 Å². The number of amides is 1. The third-order valence-electron chi connectivity index (χ3n) is 3.99. The lowest BCUT2D eigenvalue weighted by Crippen LogP contribution is -2.36. The van der Waals surface area contributed by atoms with Gasteiger partial charge >= 0.3 is 0 Å². The molecule has 2 rings (SSSR count). The monoisotopic (exact) mass is 332 g/mol. The Morgan fingerprint density at radius 1 is 1.39 bits per heavy atom. The van der Waals surface area contributed by atoms with Gasteiger partial charge in [0.2, 0.25) is 5.91 Å². The highest BCUT2D eigenvalue weighted by Gasteiger charge is 2.13. The molecule has 0 fully saturated rings. The summed E-state index contributed by atoms with van der Waals surface area (Å²) in [6.45, 7) is 8.75. The first-order valence-electron chi connectivity index (χ1n) is 7.90. The van der Waals surface area contributed by atoms with Crippen LogP contribution in [-0.4, -0.2) is 26.7 Å². The Hall–Kier alpha value is -1.95. The fourth-order valence-corrected chi connectivity index (χ4v) is 2.46. The number of carbonyl (C=O) groups is 1. The molecule has 23 heavy (non-hydrogen) atoms. The van der Waals surface area contributed by atoms with Crippen molar-refractivity contribution in [3.05, 3.63) is 34.6 Å². The number of rotatable bonds is 6. The van der Waals surface area contributed by atoms with Gasteiger partial charge in [-0.15, -0.1) is 0 Å². The van der Waals surface area contributed by atoms with Crippen molar-refractivity contribution in [2.75, 3.05) is 0 Å². The Bertz CT molecular complexity index is 732. The first-order chi connectivity index (χ1) is 10.9. The number of benzene rings is 1. The number of hydrogen-bond donors (Lipinski definition) is 2. The summed E-state index contributed by atoms with van der Waals surface area (Å²) in [6.07, 6.45) is 0.379. The number of nitrogens with zero attached hydrogens (tertiary/aromatic N) is 2. The van der Waals surface area contributed by atoms with Gasteiger partial charge in [-0.25, -0.2) is 0 Å². The second-order valence-electron chi connectivity index (χ2n) is 6.22. The molecule has 1 aromatic heterocycles. The van der Waals surface area contributed by atoms with E-state index in [2.05, 4.69) is 35.4 Å². The Balaban J connectivity index is 2.11. The molecule has 0 saturated carbocycles. The van der Waals surface area contributed by atoms with E-state index in [-0.39, 0.29) is 11.9 Å². The van der Waals surface area contributed by atoms with Gasteiger partial charge in [-0.1, -0.05) is 37.6 Å². The molecule has 1 unspecified atom stereocenters. The molecule has 0 aliphatic heterocycles. The van der Waals surface area contributed by atoms with E-state index in [9.17, 15) is 4.79 Å². The predicted molar refractivity (Wildman–Crippen MR) is 94.6 cm³/mol. The number of aryl methyl sites for hydroxylation is 1. The van der Waals surface area contributed by atoms with Gasteiger partial charge in [-0.2, -0.15) is 5.10 Å². The van der Waals surface area contributed by atoms with Gasteiger partial charge in [0.15, 0.2) is 10.6 Å². The number of H-pyrrole nitrogens is 1. The molecule has 2 N–H and O–H groups in total. The van der Waals surface area contributed by atoms with E-state index >= 15 is 0 Å². The molecular weight excluding hydrogens is 308 g/mol. The molecule has 0 saturated heterocycles. The lowest BCUT2D eigenvalue weighted by Gasteiger charge is -2.17. The van der Waals surface area contributed by atoms with Crippen LogP contribution in [0.15, 0.2) is 24.3 Å². The maximum absolute atomic E-state index is 12.1. The predicted octanol–water partition coefficient (Wildman–Crippen LogP) is 3.47. The molecule has 1 amide bonds. The molecule has 1 atom stereocenters. The molecular formula is C17H24N4OS. The van der Waals surface area contributed by atoms with E-state index in [0.717, 1.165) is 17.0 Å². The smallest absolute Gasteiger partial charge is 0.222 e. The summed E-state index contributed by atoms with van der Waals surface area (Å²) in [5.74, 6) is 1.21. The zero-order valence-corrected chi connectivity index (χ0v) is 14.9. The van der Waals surface area contributed by atoms with E-state index in [1.807, 2.05) is 36.6 Å². The quantitative estimate of drug-likeness (QED) is 0.796. The first kappa shape index (κ1) is 17.4. The lowest BCUT2D eigenvalue weighted by atomic mass is 10.1. The number of aromatic amines is 1. The largest absolute Gasteiger partial charge is 0.353 e. The molecule has 0 aliphatic carbocycles. The fraction of sp³-hybridized carbons (Fsp3) is 0.471. The van der Waals surface area contributed by atoms with Gasteiger partial charge in [-0.05, 0) is 38.0 Å². The highest BCUT2D eigenvalue weighted by molar-refractivity contribution is 7.71. The second-order valence-corrected chi connectivity index (χ2v) is 6.61. The van der Waals surface area contributed by atoms with Gasteiger partial charge in [0, 0.05) is 24.6 Å². The summed E-state index contributed by atoms with van der Waals surface area (Å²) in [6, 6.07) is 8.24. The number of nitrogens with one attached hydrogen (secondary N) is 2. The van der Waals surface area contributed by atoms with Crippen molar-refractivity contribution in [2.24, 2.45) is 5.92 Å². The van der Waals surface area contributed by atoms with Crippen molar-refractivity contribution in [2.45, 2.75) is 46.7 Å². The van der Waals surface area contributed by atoms with Crippen molar-refractivity contribution in [3.8, 4) is 11.4 Å². The van der Waals surface area contributed by atoms with Gasteiger partial charge < -0.3 is 5.32 Å². The molecule has 2 aromatic rings. The van der Waals surface area contributed by atoms with Crippen molar-refractivity contribution < 1.29 is 4.79 Å². The molecule has 0 bridgehead atoms. The minimum absolute atomic E-state index is 0.0319.